The van der Waals surface area contributed by atoms with Crippen molar-refractivity contribution in [2.75, 3.05) is 6.54 Å². The van der Waals surface area contributed by atoms with Crippen molar-refractivity contribution in [1.82, 2.24) is 5.32 Å². The summed E-state index contributed by atoms with van der Waals surface area (Å²) in [4.78, 5) is 0. The van der Waals surface area contributed by atoms with Crippen molar-refractivity contribution in [1.29, 1.82) is 0 Å². The fraction of sp³-hybridized carbons (Fsp3) is 0.538. The standard InChI is InChI=1S/C13H19NO4/c15-10(8-4-2-1-3-5-8)6-9-12(17)13(18)11(16)7-14-9/h1-5,9-18H,6-7H2/t9-,10?,11+,12-,13+/m0/s1. The van der Waals surface area contributed by atoms with Crippen LogP contribution in [0.2, 0.25) is 0 Å². The zero-order valence-electron chi connectivity index (χ0n) is 9.98. The van der Waals surface area contributed by atoms with Crippen LogP contribution >= 0.6 is 0 Å². The minimum atomic E-state index is -1.17. The summed E-state index contributed by atoms with van der Waals surface area (Å²) in [5.41, 5.74) is 0.770. The van der Waals surface area contributed by atoms with Crippen molar-refractivity contribution in [3.05, 3.63) is 35.9 Å². The molecule has 0 spiro atoms. The first-order chi connectivity index (χ1) is 8.59. The fourth-order valence-corrected chi connectivity index (χ4v) is 2.25. The first-order valence-electron chi connectivity index (χ1n) is 6.10. The zero-order chi connectivity index (χ0) is 13.1. The number of hydrogen-bond acceptors (Lipinski definition) is 5. The number of rotatable bonds is 3. The average molecular weight is 253 g/mol. The predicted molar refractivity (Wildman–Crippen MR) is 65.8 cm³/mol. The highest BCUT2D eigenvalue weighted by atomic mass is 16.4. The van der Waals surface area contributed by atoms with E-state index in [1.807, 2.05) is 30.3 Å². The molecule has 5 atom stereocenters. The van der Waals surface area contributed by atoms with Crippen LogP contribution in [0.25, 0.3) is 0 Å². The first kappa shape index (κ1) is 13.5. The maximum atomic E-state index is 10.0. The molecule has 0 saturated carbocycles. The van der Waals surface area contributed by atoms with E-state index in [0.717, 1.165) is 5.56 Å². The van der Waals surface area contributed by atoms with Gasteiger partial charge in [0.2, 0.25) is 0 Å². The molecule has 0 amide bonds. The Morgan fingerprint density at radius 1 is 1.11 bits per heavy atom. The Balaban J connectivity index is 1.97. The minimum Gasteiger partial charge on any atom is -0.389 e. The molecule has 1 aromatic rings. The molecule has 0 bridgehead atoms. The van der Waals surface area contributed by atoms with Gasteiger partial charge in [-0.2, -0.15) is 0 Å². The van der Waals surface area contributed by atoms with Gasteiger partial charge in [0.15, 0.2) is 0 Å². The van der Waals surface area contributed by atoms with Gasteiger partial charge < -0.3 is 25.7 Å². The molecule has 2 rings (SSSR count). The summed E-state index contributed by atoms with van der Waals surface area (Å²) < 4.78 is 0. The molecule has 1 aliphatic heterocycles. The molecule has 1 unspecified atom stereocenters. The van der Waals surface area contributed by atoms with Gasteiger partial charge in [-0.3, -0.25) is 0 Å². The largest absolute Gasteiger partial charge is 0.389 e. The molecule has 1 saturated heterocycles. The Labute approximate surface area is 106 Å². The molecule has 18 heavy (non-hydrogen) atoms. The van der Waals surface area contributed by atoms with Crippen LogP contribution in [0.1, 0.15) is 18.1 Å². The SMILES string of the molecule is OC(C[C@@H]1NC[C@@H](O)[C@@H](O)[C@H]1O)c1ccccc1. The van der Waals surface area contributed by atoms with Gasteiger partial charge in [-0.25, -0.2) is 0 Å². The minimum absolute atomic E-state index is 0.213. The number of aliphatic hydroxyl groups excluding tert-OH is 4. The van der Waals surface area contributed by atoms with E-state index in [4.69, 9.17) is 0 Å². The Bertz CT molecular complexity index is 373. The molecule has 1 aromatic carbocycles. The number of piperidine rings is 1. The summed E-state index contributed by atoms with van der Waals surface area (Å²) >= 11 is 0. The molecule has 5 nitrogen and oxygen atoms in total. The summed E-state index contributed by atoms with van der Waals surface area (Å²) in [5, 5.41) is 41.8. The summed E-state index contributed by atoms with van der Waals surface area (Å²) in [7, 11) is 0. The second kappa shape index (κ2) is 5.77. The van der Waals surface area contributed by atoms with Crippen LogP contribution in [0.3, 0.4) is 0 Å². The first-order valence-corrected chi connectivity index (χ1v) is 6.10. The highest BCUT2D eigenvalue weighted by Crippen LogP contribution is 2.22. The molecular weight excluding hydrogens is 234 g/mol. The lowest BCUT2D eigenvalue weighted by molar-refractivity contribution is -0.0996. The van der Waals surface area contributed by atoms with Crippen LogP contribution in [0, 0.1) is 0 Å². The molecule has 100 valence electrons. The maximum Gasteiger partial charge on any atom is 0.108 e. The van der Waals surface area contributed by atoms with Crippen LogP contribution in [0.5, 0.6) is 0 Å². The van der Waals surface area contributed by atoms with Crippen LogP contribution < -0.4 is 5.32 Å². The van der Waals surface area contributed by atoms with E-state index < -0.39 is 30.5 Å². The average Bonchev–Trinajstić information content (AvgIpc) is 2.40. The van der Waals surface area contributed by atoms with E-state index in [2.05, 4.69) is 5.32 Å². The molecule has 0 aromatic heterocycles. The van der Waals surface area contributed by atoms with E-state index in [9.17, 15) is 20.4 Å². The Morgan fingerprint density at radius 3 is 2.44 bits per heavy atom. The molecule has 5 heteroatoms. The third-order valence-electron chi connectivity index (χ3n) is 3.41. The zero-order valence-corrected chi connectivity index (χ0v) is 9.98. The Morgan fingerprint density at radius 2 is 1.78 bits per heavy atom. The van der Waals surface area contributed by atoms with Crippen molar-refractivity contribution in [2.24, 2.45) is 0 Å². The molecule has 5 N–H and O–H groups in total. The molecule has 0 radical (unpaired) electrons. The molecule has 0 aliphatic carbocycles. The van der Waals surface area contributed by atoms with Crippen LogP contribution in [-0.4, -0.2) is 51.3 Å². The van der Waals surface area contributed by atoms with Crippen molar-refractivity contribution in [3.63, 3.8) is 0 Å². The van der Waals surface area contributed by atoms with Gasteiger partial charge in [-0.15, -0.1) is 0 Å². The third kappa shape index (κ3) is 2.88. The van der Waals surface area contributed by atoms with Crippen LogP contribution in [0.15, 0.2) is 30.3 Å². The van der Waals surface area contributed by atoms with Gasteiger partial charge >= 0.3 is 0 Å². The Hall–Kier alpha value is -0.980. The van der Waals surface area contributed by atoms with Gasteiger partial charge in [0, 0.05) is 12.6 Å². The van der Waals surface area contributed by atoms with Gasteiger partial charge in [0.05, 0.1) is 18.3 Å². The number of benzene rings is 1. The van der Waals surface area contributed by atoms with E-state index in [0.29, 0.717) is 0 Å². The van der Waals surface area contributed by atoms with Crippen molar-refractivity contribution in [3.8, 4) is 0 Å². The molecule has 1 fully saturated rings. The fourth-order valence-electron chi connectivity index (χ4n) is 2.25. The lowest BCUT2D eigenvalue weighted by Crippen LogP contribution is -2.59. The lowest BCUT2D eigenvalue weighted by atomic mass is 9.90. The predicted octanol–water partition coefficient (Wildman–Crippen LogP) is -0.835. The molecular formula is C13H19NO4. The van der Waals surface area contributed by atoms with Gasteiger partial charge in [-0.05, 0) is 12.0 Å². The quantitative estimate of drug-likeness (QED) is 0.484. The van der Waals surface area contributed by atoms with E-state index in [-0.39, 0.29) is 13.0 Å². The highest BCUT2D eigenvalue weighted by Gasteiger charge is 2.37. The van der Waals surface area contributed by atoms with Crippen LogP contribution in [0.4, 0.5) is 0 Å². The number of aliphatic hydroxyl groups is 4. The summed E-state index contributed by atoms with van der Waals surface area (Å²) in [6.45, 7) is 0.213. The second-order valence-electron chi connectivity index (χ2n) is 4.73. The molecule has 1 aliphatic rings. The summed E-state index contributed by atoms with van der Waals surface area (Å²) in [6, 6.07) is 8.73. The smallest absolute Gasteiger partial charge is 0.108 e. The number of nitrogens with one attached hydrogen (secondary N) is 1. The van der Waals surface area contributed by atoms with Crippen molar-refractivity contribution in [2.45, 2.75) is 36.9 Å². The van der Waals surface area contributed by atoms with E-state index >= 15 is 0 Å². The lowest BCUT2D eigenvalue weighted by Gasteiger charge is -2.37. The highest BCUT2D eigenvalue weighted by molar-refractivity contribution is 5.17. The monoisotopic (exact) mass is 253 g/mol. The summed E-state index contributed by atoms with van der Waals surface area (Å²) in [5.74, 6) is 0. The normalized spacial score (nSPS) is 34.2. The van der Waals surface area contributed by atoms with Gasteiger partial charge in [-0.1, -0.05) is 30.3 Å². The third-order valence-corrected chi connectivity index (χ3v) is 3.41. The summed E-state index contributed by atoms with van der Waals surface area (Å²) in [6.07, 6.45) is -3.63. The van der Waals surface area contributed by atoms with E-state index in [1.165, 1.54) is 0 Å². The Kier molecular flexibility index (Phi) is 4.31. The van der Waals surface area contributed by atoms with Gasteiger partial charge in [0.25, 0.3) is 0 Å². The van der Waals surface area contributed by atoms with E-state index in [1.54, 1.807) is 0 Å². The topological polar surface area (TPSA) is 93.0 Å². The number of β-amino-alcohol motifs (C(OH)–C–C–N with tert-alkyl or cyclic N) is 1. The number of hydrogen-bond donors (Lipinski definition) is 5. The van der Waals surface area contributed by atoms with Crippen molar-refractivity contribution < 1.29 is 20.4 Å². The second-order valence-corrected chi connectivity index (χ2v) is 4.73. The van der Waals surface area contributed by atoms with Gasteiger partial charge in [0.1, 0.15) is 6.10 Å². The van der Waals surface area contributed by atoms with Crippen LogP contribution in [-0.2, 0) is 0 Å². The van der Waals surface area contributed by atoms with Crippen molar-refractivity contribution >= 4 is 0 Å². The maximum absolute atomic E-state index is 10.0. The molecule has 1 heterocycles.